The van der Waals surface area contributed by atoms with Crippen LogP contribution >= 0.6 is 0 Å². The van der Waals surface area contributed by atoms with Crippen LogP contribution in [0.15, 0.2) is 36.5 Å². The number of carbonyl (C=O) groups is 2. The zero-order valence-electron chi connectivity index (χ0n) is 10.8. The third kappa shape index (κ3) is 2.85. The van der Waals surface area contributed by atoms with Gasteiger partial charge in [-0.25, -0.2) is 4.39 Å². The third-order valence-corrected chi connectivity index (χ3v) is 2.88. The average molecular weight is 276 g/mol. The summed E-state index contributed by atoms with van der Waals surface area (Å²) in [5, 5.41) is 11.3. The Balaban J connectivity index is 2.22. The molecule has 0 fully saturated rings. The number of nitrogens with one attached hydrogen (secondary N) is 1. The van der Waals surface area contributed by atoms with E-state index in [1.807, 2.05) is 0 Å². The van der Waals surface area contributed by atoms with Crippen LogP contribution in [0.2, 0.25) is 0 Å². The normalized spacial score (nSPS) is 10.3. The third-order valence-electron chi connectivity index (χ3n) is 2.88. The summed E-state index contributed by atoms with van der Waals surface area (Å²) >= 11 is 0. The number of anilines is 1. The van der Waals surface area contributed by atoms with Crippen molar-refractivity contribution in [3.63, 3.8) is 0 Å². The fraction of sp³-hybridized carbons (Fsp3) is 0.143. The quantitative estimate of drug-likeness (QED) is 0.899. The molecule has 1 amide bonds. The van der Waals surface area contributed by atoms with E-state index in [9.17, 15) is 14.0 Å². The minimum Gasteiger partial charge on any atom is -0.480 e. The second kappa shape index (κ2) is 5.56. The summed E-state index contributed by atoms with van der Waals surface area (Å²) in [4.78, 5) is 22.8. The van der Waals surface area contributed by atoms with E-state index >= 15 is 0 Å². The lowest BCUT2D eigenvalue weighted by Crippen LogP contribution is -2.20. The molecule has 0 saturated carbocycles. The van der Waals surface area contributed by atoms with E-state index < -0.39 is 17.7 Å². The zero-order chi connectivity index (χ0) is 14.7. The number of aromatic nitrogens is 1. The summed E-state index contributed by atoms with van der Waals surface area (Å²) in [6, 6.07) is 7.47. The lowest BCUT2D eigenvalue weighted by molar-refractivity contribution is -0.137. The van der Waals surface area contributed by atoms with E-state index in [1.165, 1.54) is 29.0 Å². The Bertz CT molecular complexity index is 664. The minimum atomic E-state index is -1.04. The minimum absolute atomic E-state index is 0.205. The molecule has 2 rings (SSSR count). The Morgan fingerprint density at radius 3 is 2.75 bits per heavy atom. The number of hydrogen-bond acceptors (Lipinski definition) is 2. The zero-order valence-corrected chi connectivity index (χ0v) is 10.8. The van der Waals surface area contributed by atoms with E-state index in [0.717, 1.165) is 0 Å². The standard InChI is InChI=1S/C14H13FN2O3/c1-9-10(15)4-2-5-11(9)16-14(20)12-6-3-7-17(12)8-13(18)19/h2-7H,8H2,1H3,(H,16,20)(H,18,19). The van der Waals surface area contributed by atoms with Crippen LogP contribution in [0.4, 0.5) is 10.1 Å². The maximum absolute atomic E-state index is 13.4. The van der Waals surface area contributed by atoms with Gasteiger partial charge >= 0.3 is 5.97 Å². The first-order valence-electron chi connectivity index (χ1n) is 5.92. The summed E-state index contributed by atoms with van der Waals surface area (Å²) in [6.07, 6.45) is 1.50. The Morgan fingerprint density at radius 1 is 1.30 bits per heavy atom. The summed E-state index contributed by atoms with van der Waals surface area (Å²) in [7, 11) is 0. The van der Waals surface area contributed by atoms with E-state index in [4.69, 9.17) is 5.11 Å². The predicted molar refractivity (Wildman–Crippen MR) is 71.2 cm³/mol. The van der Waals surface area contributed by atoms with Crippen LogP contribution in [0.1, 0.15) is 16.1 Å². The van der Waals surface area contributed by atoms with Crippen molar-refractivity contribution < 1.29 is 19.1 Å². The van der Waals surface area contributed by atoms with Crippen molar-refractivity contribution in [1.29, 1.82) is 0 Å². The van der Waals surface area contributed by atoms with Gasteiger partial charge in [0.05, 0.1) is 0 Å². The largest absolute Gasteiger partial charge is 0.480 e. The van der Waals surface area contributed by atoms with Crippen molar-refractivity contribution in [1.82, 2.24) is 4.57 Å². The maximum atomic E-state index is 13.4. The van der Waals surface area contributed by atoms with Gasteiger partial charge in [0.15, 0.2) is 0 Å². The molecule has 0 saturated heterocycles. The van der Waals surface area contributed by atoms with Crippen LogP contribution in [-0.4, -0.2) is 21.6 Å². The first-order chi connectivity index (χ1) is 9.49. The van der Waals surface area contributed by atoms with Crippen LogP contribution in [0.5, 0.6) is 0 Å². The predicted octanol–water partition coefficient (Wildman–Crippen LogP) is 2.27. The van der Waals surface area contributed by atoms with Crippen LogP contribution in [0.25, 0.3) is 0 Å². The Morgan fingerprint density at radius 2 is 2.05 bits per heavy atom. The molecule has 6 heteroatoms. The number of rotatable bonds is 4. The number of carboxylic acid groups (broad SMARTS) is 1. The van der Waals surface area contributed by atoms with E-state index in [1.54, 1.807) is 19.1 Å². The molecular weight excluding hydrogens is 263 g/mol. The molecule has 20 heavy (non-hydrogen) atoms. The Kier molecular flexibility index (Phi) is 3.84. The molecule has 0 aliphatic rings. The maximum Gasteiger partial charge on any atom is 0.323 e. The van der Waals surface area contributed by atoms with Gasteiger partial charge < -0.3 is 15.0 Å². The molecule has 2 N–H and O–H groups in total. The molecule has 0 spiro atoms. The molecule has 0 atom stereocenters. The van der Waals surface area contributed by atoms with Gasteiger partial charge in [-0.15, -0.1) is 0 Å². The number of carbonyl (C=O) groups excluding carboxylic acids is 1. The molecule has 0 unspecified atom stereocenters. The molecule has 1 aromatic carbocycles. The number of aliphatic carboxylic acids is 1. The SMILES string of the molecule is Cc1c(F)cccc1NC(=O)c1cccn1CC(=O)O. The van der Waals surface area contributed by atoms with Gasteiger partial charge in [0.2, 0.25) is 0 Å². The molecule has 104 valence electrons. The lowest BCUT2D eigenvalue weighted by Gasteiger charge is -2.10. The highest BCUT2D eigenvalue weighted by Crippen LogP contribution is 2.18. The number of hydrogen-bond donors (Lipinski definition) is 2. The molecule has 1 aromatic heterocycles. The first kappa shape index (κ1) is 13.8. The van der Waals surface area contributed by atoms with Crippen molar-refractivity contribution in [2.75, 3.05) is 5.32 Å². The topological polar surface area (TPSA) is 71.3 Å². The molecule has 0 bridgehead atoms. The molecule has 5 nitrogen and oxygen atoms in total. The smallest absolute Gasteiger partial charge is 0.323 e. The number of halogens is 1. The van der Waals surface area contributed by atoms with Gasteiger partial charge in [-0.1, -0.05) is 6.07 Å². The summed E-state index contributed by atoms with van der Waals surface area (Å²) in [6.45, 7) is 1.25. The summed E-state index contributed by atoms with van der Waals surface area (Å²) in [5.74, 6) is -1.94. The molecule has 2 aromatic rings. The van der Waals surface area contributed by atoms with Crippen molar-refractivity contribution >= 4 is 17.6 Å². The number of carboxylic acids is 1. The Labute approximate surface area is 114 Å². The summed E-state index contributed by atoms with van der Waals surface area (Å²) in [5.41, 5.74) is 0.895. The van der Waals surface area contributed by atoms with Crippen molar-refractivity contribution in [2.24, 2.45) is 0 Å². The monoisotopic (exact) mass is 276 g/mol. The highest BCUT2D eigenvalue weighted by molar-refractivity contribution is 6.03. The molecular formula is C14H13FN2O3. The van der Waals surface area contributed by atoms with Gasteiger partial charge in [-0.05, 0) is 31.2 Å². The highest BCUT2D eigenvalue weighted by Gasteiger charge is 2.14. The molecule has 1 heterocycles. The van der Waals surface area contributed by atoms with Gasteiger partial charge in [-0.2, -0.15) is 0 Å². The van der Waals surface area contributed by atoms with Crippen LogP contribution in [0, 0.1) is 12.7 Å². The lowest BCUT2D eigenvalue weighted by atomic mass is 10.2. The molecule has 0 aliphatic carbocycles. The average Bonchev–Trinajstić information content (AvgIpc) is 2.82. The van der Waals surface area contributed by atoms with Crippen molar-refractivity contribution in [3.05, 3.63) is 53.6 Å². The second-order valence-corrected chi connectivity index (χ2v) is 4.28. The Hall–Kier alpha value is -2.63. The van der Waals surface area contributed by atoms with Gasteiger partial charge in [0, 0.05) is 17.4 Å². The van der Waals surface area contributed by atoms with Crippen LogP contribution < -0.4 is 5.32 Å². The fourth-order valence-corrected chi connectivity index (χ4v) is 1.83. The number of nitrogens with zero attached hydrogens (tertiary/aromatic N) is 1. The van der Waals surface area contributed by atoms with Crippen molar-refractivity contribution in [2.45, 2.75) is 13.5 Å². The molecule has 0 radical (unpaired) electrons. The fourth-order valence-electron chi connectivity index (χ4n) is 1.83. The second-order valence-electron chi connectivity index (χ2n) is 4.28. The van der Waals surface area contributed by atoms with E-state index in [0.29, 0.717) is 11.3 Å². The van der Waals surface area contributed by atoms with Gasteiger partial charge in [-0.3, -0.25) is 9.59 Å². The highest BCUT2D eigenvalue weighted by atomic mass is 19.1. The van der Waals surface area contributed by atoms with Crippen LogP contribution in [-0.2, 0) is 11.3 Å². The number of amides is 1. The van der Waals surface area contributed by atoms with Crippen molar-refractivity contribution in [3.8, 4) is 0 Å². The first-order valence-corrected chi connectivity index (χ1v) is 5.92. The van der Waals surface area contributed by atoms with E-state index in [-0.39, 0.29) is 12.2 Å². The van der Waals surface area contributed by atoms with E-state index in [2.05, 4.69) is 5.32 Å². The summed E-state index contributed by atoms with van der Waals surface area (Å²) < 4.78 is 14.7. The van der Waals surface area contributed by atoms with Crippen LogP contribution in [0.3, 0.4) is 0 Å². The van der Waals surface area contributed by atoms with Gasteiger partial charge in [0.25, 0.3) is 5.91 Å². The molecule has 0 aliphatic heterocycles. The number of benzene rings is 1. The van der Waals surface area contributed by atoms with Gasteiger partial charge in [0.1, 0.15) is 18.1 Å².